The van der Waals surface area contributed by atoms with Crippen molar-refractivity contribution in [2.45, 2.75) is 33.0 Å². The predicted molar refractivity (Wildman–Crippen MR) is 74.7 cm³/mol. The number of hydrogen-bond donors (Lipinski definition) is 1. The molecule has 2 heterocycles. The molecule has 19 heavy (non-hydrogen) atoms. The Bertz CT molecular complexity index is 437. The van der Waals surface area contributed by atoms with Crippen molar-refractivity contribution < 1.29 is 8.83 Å². The Morgan fingerprint density at radius 2 is 1.84 bits per heavy atom. The third-order valence-electron chi connectivity index (χ3n) is 3.29. The van der Waals surface area contributed by atoms with Gasteiger partial charge in [-0.15, -0.1) is 0 Å². The highest BCUT2D eigenvalue weighted by Crippen LogP contribution is 2.08. The van der Waals surface area contributed by atoms with Crippen molar-refractivity contribution in [1.82, 2.24) is 10.2 Å². The molecule has 4 heteroatoms. The summed E-state index contributed by atoms with van der Waals surface area (Å²) in [7, 11) is 0. The van der Waals surface area contributed by atoms with Crippen molar-refractivity contribution in [3.8, 4) is 0 Å². The quantitative estimate of drug-likeness (QED) is 0.794. The number of nitrogens with one attached hydrogen (secondary N) is 1. The summed E-state index contributed by atoms with van der Waals surface area (Å²) in [6, 6.07) is 8.30. The van der Waals surface area contributed by atoms with Crippen molar-refractivity contribution >= 4 is 0 Å². The zero-order chi connectivity index (χ0) is 13.5. The molecule has 4 nitrogen and oxygen atoms in total. The fourth-order valence-electron chi connectivity index (χ4n) is 2.13. The fraction of sp³-hybridized carbons (Fsp3) is 0.467. The molecule has 0 saturated carbocycles. The highest BCUT2D eigenvalue weighted by atomic mass is 16.3. The first-order chi connectivity index (χ1) is 9.29. The molecule has 0 saturated heterocycles. The Labute approximate surface area is 114 Å². The highest BCUT2D eigenvalue weighted by molar-refractivity contribution is 4.99. The number of rotatable bonds is 8. The van der Waals surface area contributed by atoms with Gasteiger partial charge in [-0.1, -0.05) is 6.92 Å². The van der Waals surface area contributed by atoms with E-state index in [9.17, 15) is 0 Å². The minimum Gasteiger partial charge on any atom is -0.468 e. The van der Waals surface area contributed by atoms with Crippen molar-refractivity contribution in [3.05, 3.63) is 48.3 Å². The lowest BCUT2D eigenvalue weighted by Crippen LogP contribution is -2.39. The molecule has 0 aliphatic rings. The minimum absolute atomic E-state index is 0.449. The highest BCUT2D eigenvalue weighted by Gasteiger charge is 2.13. The molecule has 0 amide bonds. The molecule has 0 radical (unpaired) electrons. The lowest BCUT2D eigenvalue weighted by Gasteiger charge is -2.27. The van der Waals surface area contributed by atoms with E-state index in [1.165, 1.54) is 0 Å². The Morgan fingerprint density at radius 1 is 1.16 bits per heavy atom. The average molecular weight is 262 g/mol. The molecule has 0 aromatic carbocycles. The molecule has 2 aromatic heterocycles. The summed E-state index contributed by atoms with van der Waals surface area (Å²) >= 11 is 0. The first-order valence-electron chi connectivity index (χ1n) is 6.79. The molecule has 1 unspecified atom stereocenters. The second kappa shape index (κ2) is 7.16. The molecule has 104 valence electrons. The Hall–Kier alpha value is -1.52. The predicted octanol–water partition coefficient (Wildman–Crippen LogP) is 2.87. The van der Waals surface area contributed by atoms with E-state index in [4.69, 9.17) is 8.83 Å². The lowest BCUT2D eigenvalue weighted by atomic mass is 10.2. The molecule has 1 N–H and O–H groups in total. The zero-order valence-corrected chi connectivity index (χ0v) is 11.6. The third-order valence-corrected chi connectivity index (χ3v) is 3.29. The SMILES string of the molecule is CCN(Cc1ccco1)C(C)CNCc1ccco1. The van der Waals surface area contributed by atoms with Gasteiger partial charge in [0.1, 0.15) is 11.5 Å². The molecule has 0 fully saturated rings. The van der Waals surface area contributed by atoms with Crippen LogP contribution in [0.5, 0.6) is 0 Å². The van der Waals surface area contributed by atoms with E-state index in [2.05, 4.69) is 24.1 Å². The maximum Gasteiger partial charge on any atom is 0.117 e. The molecular formula is C15H22N2O2. The van der Waals surface area contributed by atoms with E-state index in [1.807, 2.05) is 24.3 Å². The van der Waals surface area contributed by atoms with Gasteiger partial charge < -0.3 is 14.2 Å². The molecule has 0 aliphatic heterocycles. The summed E-state index contributed by atoms with van der Waals surface area (Å²) in [5, 5.41) is 3.42. The summed E-state index contributed by atoms with van der Waals surface area (Å²) in [5.74, 6) is 1.99. The van der Waals surface area contributed by atoms with Crippen LogP contribution in [0.4, 0.5) is 0 Å². The van der Waals surface area contributed by atoms with Crippen LogP contribution in [0.1, 0.15) is 25.4 Å². The summed E-state index contributed by atoms with van der Waals surface area (Å²) in [6.45, 7) is 7.95. The number of nitrogens with zero attached hydrogens (tertiary/aromatic N) is 1. The van der Waals surface area contributed by atoms with Crippen molar-refractivity contribution in [1.29, 1.82) is 0 Å². The lowest BCUT2D eigenvalue weighted by molar-refractivity contribution is 0.190. The largest absolute Gasteiger partial charge is 0.468 e. The fourth-order valence-corrected chi connectivity index (χ4v) is 2.13. The second-order valence-electron chi connectivity index (χ2n) is 4.70. The van der Waals surface area contributed by atoms with E-state index < -0.39 is 0 Å². The molecule has 0 spiro atoms. The van der Waals surface area contributed by atoms with Gasteiger partial charge in [-0.2, -0.15) is 0 Å². The van der Waals surface area contributed by atoms with E-state index in [1.54, 1.807) is 12.5 Å². The van der Waals surface area contributed by atoms with E-state index in [-0.39, 0.29) is 0 Å². The van der Waals surface area contributed by atoms with Crippen molar-refractivity contribution in [2.75, 3.05) is 13.1 Å². The first kappa shape index (κ1) is 13.9. The number of likely N-dealkylation sites (N-methyl/N-ethyl adjacent to an activating group) is 1. The van der Waals surface area contributed by atoms with E-state index in [0.29, 0.717) is 6.04 Å². The van der Waals surface area contributed by atoms with Crippen LogP contribution >= 0.6 is 0 Å². The first-order valence-corrected chi connectivity index (χ1v) is 6.79. The Morgan fingerprint density at radius 3 is 2.42 bits per heavy atom. The zero-order valence-electron chi connectivity index (χ0n) is 11.6. The standard InChI is InChI=1S/C15H22N2O2/c1-3-17(12-15-7-5-9-19-15)13(2)10-16-11-14-6-4-8-18-14/h4-9,13,16H,3,10-12H2,1-2H3. The summed E-state index contributed by atoms with van der Waals surface area (Å²) in [5.41, 5.74) is 0. The molecule has 0 bridgehead atoms. The van der Waals surface area contributed by atoms with Crippen molar-refractivity contribution in [3.63, 3.8) is 0 Å². The van der Waals surface area contributed by atoms with Crippen LogP contribution in [0.3, 0.4) is 0 Å². The maximum atomic E-state index is 5.40. The van der Waals surface area contributed by atoms with Crippen LogP contribution in [-0.4, -0.2) is 24.0 Å². The van der Waals surface area contributed by atoms with E-state index >= 15 is 0 Å². The van der Waals surface area contributed by atoms with Crippen LogP contribution in [0.2, 0.25) is 0 Å². The molecular weight excluding hydrogens is 240 g/mol. The van der Waals surface area contributed by atoms with Crippen LogP contribution in [0.25, 0.3) is 0 Å². The molecule has 2 aromatic rings. The van der Waals surface area contributed by atoms with E-state index in [0.717, 1.165) is 37.7 Å². The van der Waals surface area contributed by atoms with Crippen molar-refractivity contribution in [2.24, 2.45) is 0 Å². The summed E-state index contributed by atoms with van der Waals surface area (Å²) < 4.78 is 10.7. The summed E-state index contributed by atoms with van der Waals surface area (Å²) in [6.07, 6.45) is 3.43. The van der Waals surface area contributed by atoms with Gasteiger partial charge in [-0.25, -0.2) is 0 Å². The summed E-state index contributed by atoms with van der Waals surface area (Å²) in [4.78, 5) is 2.38. The van der Waals surface area contributed by atoms with Gasteiger partial charge >= 0.3 is 0 Å². The topological polar surface area (TPSA) is 41.6 Å². The third kappa shape index (κ3) is 4.26. The second-order valence-corrected chi connectivity index (χ2v) is 4.70. The smallest absolute Gasteiger partial charge is 0.117 e. The minimum atomic E-state index is 0.449. The molecule has 1 atom stereocenters. The van der Waals surface area contributed by atoms with Gasteiger partial charge in [0.05, 0.1) is 25.6 Å². The Kier molecular flexibility index (Phi) is 5.24. The van der Waals surface area contributed by atoms with Gasteiger partial charge in [0, 0.05) is 12.6 Å². The number of hydrogen-bond acceptors (Lipinski definition) is 4. The van der Waals surface area contributed by atoms with Crippen LogP contribution < -0.4 is 5.32 Å². The average Bonchev–Trinajstić information content (AvgIpc) is 3.08. The van der Waals surface area contributed by atoms with Crippen LogP contribution in [0.15, 0.2) is 45.6 Å². The van der Waals surface area contributed by atoms with Crippen LogP contribution in [-0.2, 0) is 13.1 Å². The van der Waals surface area contributed by atoms with Gasteiger partial charge in [-0.3, -0.25) is 4.90 Å². The van der Waals surface area contributed by atoms with Gasteiger partial charge in [0.15, 0.2) is 0 Å². The molecule has 2 rings (SSSR count). The monoisotopic (exact) mass is 262 g/mol. The Balaban J connectivity index is 1.75. The van der Waals surface area contributed by atoms with Gasteiger partial charge in [-0.05, 0) is 37.7 Å². The normalized spacial score (nSPS) is 13.0. The van der Waals surface area contributed by atoms with Gasteiger partial charge in [0.2, 0.25) is 0 Å². The molecule has 0 aliphatic carbocycles. The van der Waals surface area contributed by atoms with Crippen LogP contribution in [0, 0.1) is 0 Å². The van der Waals surface area contributed by atoms with Gasteiger partial charge in [0.25, 0.3) is 0 Å². The number of furan rings is 2. The maximum absolute atomic E-state index is 5.40.